The summed E-state index contributed by atoms with van der Waals surface area (Å²) < 4.78 is 11.7. The Morgan fingerprint density at radius 3 is 2.41 bits per heavy atom. The van der Waals surface area contributed by atoms with Crippen LogP contribution in [0.2, 0.25) is 0 Å². The van der Waals surface area contributed by atoms with Crippen LogP contribution in [0.3, 0.4) is 0 Å². The Kier molecular flexibility index (Phi) is 9.31. The first kappa shape index (κ1) is 15.8. The van der Waals surface area contributed by atoms with Gasteiger partial charge >= 0.3 is 0 Å². The van der Waals surface area contributed by atoms with Gasteiger partial charge in [-0.25, -0.2) is 0 Å². The molecule has 0 aliphatic heterocycles. The third-order valence-corrected chi connectivity index (χ3v) is 3.39. The van der Waals surface area contributed by atoms with Crippen LogP contribution in [0.15, 0.2) is 30.3 Å². The van der Waals surface area contributed by atoms with Gasteiger partial charge in [-0.2, -0.15) is 5.26 Å². The highest BCUT2D eigenvalue weighted by molar-refractivity contribution is 7.84. The zero-order chi connectivity index (χ0) is 13.1. The van der Waals surface area contributed by atoms with Crippen molar-refractivity contribution in [2.45, 2.75) is 25.6 Å². The molecule has 0 saturated carbocycles. The van der Waals surface area contributed by atoms with Crippen molar-refractivity contribution in [1.82, 2.24) is 5.32 Å². The minimum absolute atomic E-state index is 0.324. The maximum atomic E-state index is 11.7. The molecule has 0 aromatic heterocycles. The number of nitrogens with one attached hydrogen (secondary N) is 1. The molecule has 94 valence electrons. The maximum Gasteiger partial charge on any atom is 0.107 e. The Balaban J connectivity index is 0.00000121. The van der Waals surface area contributed by atoms with Gasteiger partial charge in [0, 0.05) is 16.6 Å². The van der Waals surface area contributed by atoms with Crippen molar-refractivity contribution in [2.24, 2.45) is 0 Å². The summed E-state index contributed by atoms with van der Waals surface area (Å²) in [6.45, 7) is 4.00. The van der Waals surface area contributed by atoms with Gasteiger partial charge in [-0.1, -0.05) is 44.2 Å². The van der Waals surface area contributed by atoms with Crippen LogP contribution >= 0.6 is 0 Å². The first-order valence-corrected chi connectivity index (χ1v) is 7.21. The van der Waals surface area contributed by atoms with E-state index in [1.54, 1.807) is 7.05 Å². The van der Waals surface area contributed by atoms with Gasteiger partial charge in [0.05, 0.1) is 11.8 Å². The van der Waals surface area contributed by atoms with Crippen LogP contribution in [0, 0.1) is 11.3 Å². The quantitative estimate of drug-likeness (QED) is 0.873. The molecular weight excluding hydrogens is 232 g/mol. The van der Waals surface area contributed by atoms with Crippen LogP contribution in [0.5, 0.6) is 0 Å². The zero-order valence-electron chi connectivity index (χ0n) is 10.6. The molecule has 0 heterocycles. The van der Waals surface area contributed by atoms with E-state index < -0.39 is 10.8 Å². The molecule has 3 nitrogen and oxygen atoms in total. The fourth-order valence-corrected chi connectivity index (χ4v) is 2.49. The van der Waals surface area contributed by atoms with Gasteiger partial charge in [-0.3, -0.25) is 4.21 Å². The van der Waals surface area contributed by atoms with Gasteiger partial charge in [-0.05, 0) is 12.6 Å². The van der Waals surface area contributed by atoms with Crippen LogP contribution in [-0.2, 0) is 16.6 Å². The fraction of sp³-hybridized carbons (Fsp3) is 0.462. The largest absolute Gasteiger partial charge is 0.304 e. The van der Waals surface area contributed by atoms with E-state index in [1.807, 2.05) is 44.2 Å². The summed E-state index contributed by atoms with van der Waals surface area (Å²) in [4.78, 5) is 0. The van der Waals surface area contributed by atoms with Crippen LogP contribution in [0.4, 0.5) is 0 Å². The average Bonchev–Trinajstić information content (AvgIpc) is 2.39. The Morgan fingerprint density at radius 1 is 1.35 bits per heavy atom. The van der Waals surface area contributed by atoms with E-state index in [4.69, 9.17) is 5.26 Å². The number of hydrogen-bond acceptors (Lipinski definition) is 3. The number of rotatable bonds is 5. The molecule has 1 N–H and O–H groups in total. The van der Waals surface area contributed by atoms with Crippen molar-refractivity contribution >= 4 is 10.8 Å². The van der Waals surface area contributed by atoms with E-state index in [0.717, 1.165) is 5.56 Å². The summed E-state index contributed by atoms with van der Waals surface area (Å²) >= 11 is 0. The number of nitrogens with zero attached hydrogens (tertiary/aromatic N) is 1. The topological polar surface area (TPSA) is 52.9 Å². The second-order valence-electron chi connectivity index (χ2n) is 3.21. The van der Waals surface area contributed by atoms with Crippen molar-refractivity contribution in [3.63, 3.8) is 0 Å². The SMILES string of the molecule is CC.CNC(C#N)CS(=O)Cc1ccccc1. The number of benzene rings is 1. The number of hydrogen-bond donors (Lipinski definition) is 1. The molecular formula is C13H20N2OS. The van der Waals surface area contributed by atoms with Crippen molar-refractivity contribution < 1.29 is 4.21 Å². The third-order valence-electron chi connectivity index (χ3n) is 2.03. The summed E-state index contributed by atoms with van der Waals surface area (Å²) in [5.74, 6) is 0.891. The second kappa shape index (κ2) is 10.0. The third kappa shape index (κ3) is 6.88. The highest BCUT2D eigenvalue weighted by Crippen LogP contribution is 2.03. The van der Waals surface area contributed by atoms with Crippen molar-refractivity contribution in [3.8, 4) is 6.07 Å². The molecule has 0 saturated heterocycles. The smallest absolute Gasteiger partial charge is 0.107 e. The van der Waals surface area contributed by atoms with E-state index >= 15 is 0 Å². The second-order valence-corrected chi connectivity index (χ2v) is 4.71. The van der Waals surface area contributed by atoms with Gasteiger partial charge in [0.15, 0.2) is 0 Å². The van der Waals surface area contributed by atoms with E-state index in [-0.39, 0.29) is 6.04 Å². The minimum Gasteiger partial charge on any atom is -0.304 e. The lowest BCUT2D eigenvalue weighted by atomic mass is 10.2. The lowest BCUT2D eigenvalue weighted by molar-refractivity contribution is 0.669. The Hall–Kier alpha value is -1.18. The molecule has 1 rings (SSSR count). The molecule has 17 heavy (non-hydrogen) atoms. The molecule has 0 bridgehead atoms. The highest BCUT2D eigenvalue weighted by atomic mass is 32.2. The van der Waals surface area contributed by atoms with Gasteiger partial charge in [0.2, 0.25) is 0 Å². The predicted octanol–water partition coefficient (Wildman–Crippen LogP) is 2.07. The maximum absolute atomic E-state index is 11.7. The molecule has 2 unspecified atom stereocenters. The van der Waals surface area contributed by atoms with Gasteiger partial charge in [-0.15, -0.1) is 0 Å². The normalized spacial score (nSPS) is 12.8. The number of nitriles is 1. The molecule has 0 amide bonds. The Bertz CT molecular complexity index is 359. The first-order valence-electron chi connectivity index (χ1n) is 5.72. The Labute approximate surface area is 106 Å². The van der Waals surface area contributed by atoms with Gasteiger partial charge in [0.25, 0.3) is 0 Å². The summed E-state index contributed by atoms with van der Waals surface area (Å²) in [7, 11) is 0.716. The predicted molar refractivity (Wildman–Crippen MR) is 73.0 cm³/mol. The molecule has 1 aromatic rings. The molecule has 0 spiro atoms. The van der Waals surface area contributed by atoms with Crippen LogP contribution < -0.4 is 5.32 Å². The molecule has 0 aliphatic carbocycles. The van der Waals surface area contributed by atoms with Crippen LogP contribution in [0.1, 0.15) is 19.4 Å². The van der Waals surface area contributed by atoms with Gasteiger partial charge < -0.3 is 5.32 Å². The zero-order valence-corrected chi connectivity index (χ0v) is 11.5. The summed E-state index contributed by atoms with van der Waals surface area (Å²) in [6.07, 6.45) is 0. The molecule has 0 aliphatic rings. The van der Waals surface area contributed by atoms with Crippen molar-refractivity contribution in [1.29, 1.82) is 5.26 Å². The summed E-state index contributed by atoms with van der Waals surface area (Å²) in [5, 5.41) is 11.5. The minimum atomic E-state index is -0.986. The standard InChI is InChI=1S/C11H14N2OS.C2H6/c1-13-11(7-12)9-15(14)8-10-5-3-2-4-6-10;1-2/h2-6,11,13H,8-9H2,1H3;1-2H3. The lowest BCUT2D eigenvalue weighted by Gasteiger charge is -2.07. The van der Waals surface area contributed by atoms with Crippen molar-refractivity contribution in [3.05, 3.63) is 35.9 Å². The van der Waals surface area contributed by atoms with Crippen molar-refractivity contribution in [2.75, 3.05) is 12.8 Å². The van der Waals surface area contributed by atoms with E-state index in [2.05, 4.69) is 11.4 Å². The van der Waals surface area contributed by atoms with Crippen LogP contribution in [-0.4, -0.2) is 23.1 Å². The van der Waals surface area contributed by atoms with Crippen LogP contribution in [0.25, 0.3) is 0 Å². The lowest BCUT2D eigenvalue weighted by Crippen LogP contribution is -2.29. The van der Waals surface area contributed by atoms with Gasteiger partial charge in [0.1, 0.15) is 6.04 Å². The summed E-state index contributed by atoms with van der Waals surface area (Å²) in [6, 6.07) is 11.4. The molecule has 0 fully saturated rings. The monoisotopic (exact) mass is 252 g/mol. The average molecular weight is 252 g/mol. The van der Waals surface area contributed by atoms with E-state index in [0.29, 0.717) is 11.5 Å². The molecule has 2 atom stereocenters. The summed E-state index contributed by atoms with van der Waals surface area (Å²) in [5.41, 5.74) is 1.05. The molecule has 4 heteroatoms. The Morgan fingerprint density at radius 2 is 1.94 bits per heavy atom. The fourth-order valence-electron chi connectivity index (χ4n) is 1.19. The molecule has 1 aromatic carbocycles. The first-order chi connectivity index (χ1) is 8.26. The molecule has 0 radical (unpaired) electrons. The van der Waals surface area contributed by atoms with E-state index in [1.165, 1.54) is 0 Å². The van der Waals surface area contributed by atoms with E-state index in [9.17, 15) is 4.21 Å². The highest BCUT2D eigenvalue weighted by Gasteiger charge is 2.09.